The fourth-order valence-electron chi connectivity index (χ4n) is 1.91. The number of halogens is 1. The Kier molecular flexibility index (Phi) is 6.45. The van der Waals surface area contributed by atoms with E-state index in [0.29, 0.717) is 18.5 Å². The van der Waals surface area contributed by atoms with Gasteiger partial charge in [0.15, 0.2) is 0 Å². The van der Waals surface area contributed by atoms with Crippen LogP contribution in [-0.4, -0.2) is 43.2 Å². The van der Waals surface area contributed by atoms with Crippen LogP contribution in [0, 0.1) is 5.82 Å². The summed E-state index contributed by atoms with van der Waals surface area (Å²) in [7, 11) is 3.56. The molecule has 1 rings (SSSR count). The summed E-state index contributed by atoms with van der Waals surface area (Å²) in [6.07, 6.45) is 1.39. The number of unbranched alkanes of at least 4 members (excludes halogenated alkanes) is 1. The number of aliphatic hydroxyl groups excluding tert-OH is 1. The topological polar surface area (TPSA) is 52.6 Å². The Morgan fingerprint density at radius 3 is 2.74 bits per heavy atom. The van der Waals surface area contributed by atoms with Gasteiger partial charge in [0.05, 0.1) is 0 Å². The number of amides is 1. The summed E-state index contributed by atoms with van der Waals surface area (Å²) in [5, 5.41) is 11.5. The van der Waals surface area contributed by atoms with E-state index in [9.17, 15) is 9.18 Å². The molecule has 1 amide bonds. The van der Waals surface area contributed by atoms with E-state index < -0.39 is 6.04 Å². The lowest BCUT2D eigenvalue weighted by Crippen LogP contribution is -2.37. The van der Waals surface area contributed by atoms with Gasteiger partial charge < -0.3 is 10.4 Å². The standard InChI is InChI=1S/C14H21FN2O2/c1-17(2)13(11-6-5-7-12(15)10-11)14(19)16-8-3-4-9-18/h5-7,10,13,18H,3-4,8-9H2,1-2H3,(H,16,19)/t13-/m1/s1. The molecular weight excluding hydrogens is 247 g/mol. The number of carbonyl (C=O) groups is 1. The molecule has 19 heavy (non-hydrogen) atoms. The average molecular weight is 268 g/mol. The third-order valence-corrected chi connectivity index (χ3v) is 2.81. The monoisotopic (exact) mass is 268 g/mol. The molecule has 1 atom stereocenters. The molecule has 0 unspecified atom stereocenters. The average Bonchev–Trinajstić information content (AvgIpc) is 2.34. The first kappa shape index (κ1) is 15.6. The summed E-state index contributed by atoms with van der Waals surface area (Å²) < 4.78 is 13.2. The summed E-state index contributed by atoms with van der Waals surface area (Å²) in [6.45, 7) is 0.635. The summed E-state index contributed by atoms with van der Waals surface area (Å²) in [5.41, 5.74) is 0.629. The van der Waals surface area contributed by atoms with Gasteiger partial charge in [0.25, 0.3) is 0 Å². The minimum atomic E-state index is -0.509. The molecule has 0 aliphatic heterocycles. The van der Waals surface area contributed by atoms with Gasteiger partial charge in [-0.1, -0.05) is 12.1 Å². The largest absolute Gasteiger partial charge is 0.396 e. The number of nitrogens with one attached hydrogen (secondary N) is 1. The molecule has 0 saturated heterocycles. The number of rotatable bonds is 7. The van der Waals surface area contributed by atoms with E-state index >= 15 is 0 Å². The molecule has 0 spiro atoms. The highest BCUT2D eigenvalue weighted by molar-refractivity contribution is 5.83. The Morgan fingerprint density at radius 2 is 2.16 bits per heavy atom. The Morgan fingerprint density at radius 1 is 1.42 bits per heavy atom. The Hall–Kier alpha value is -1.46. The molecule has 0 saturated carbocycles. The van der Waals surface area contributed by atoms with Crippen LogP contribution in [0.25, 0.3) is 0 Å². The Labute approximate surface area is 113 Å². The maximum atomic E-state index is 13.2. The zero-order chi connectivity index (χ0) is 14.3. The summed E-state index contributed by atoms with van der Waals surface area (Å²) in [4.78, 5) is 13.9. The number of hydrogen-bond donors (Lipinski definition) is 2. The van der Waals surface area contributed by atoms with Crippen LogP contribution in [0.1, 0.15) is 24.4 Å². The molecule has 0 aromatic heterocycles. The van der Waals surface area contributed by atoms with Crippen molar-refractivity contribution >= 4 is 5.91 Å². The van der Waals surface area contributed by atoms with Gasteiger partial charge in [0.2, 0.25) is 5.91 Å². The van der Waals surface area contributed by atoms with Gasteiger partial charge in [-0.2, -0.15) is 0 Å². The van der Waals surface area contributed by atoms with Crippen molar-refractivity contribution in [3.05, 3.63) is 35.6 Å². The molecule has 0 aliphatic rings. The predicted octanol–water partition coefficient (Wildman–Crippen LogP) is 1.32. The minimum Gasteiger partial charge on any atom is -0.396 e. The van der Waals surface area contributed by atoms with Gasteiger partial charge in [0.1, 0.15) is 11.9 Å². The minimum absolute atomic E-state index is 0.122. The highest BCUT2D eigenvalue weighted by Crippen LogP contribution is 2.19. The summed E-state index contributed by atoms with van der Waals surface area (Å²) >= 11 is 0. The SMILES string of the molecule is CN(C)[C@@H](C(=O)NCCCCO)c1cccc(F)c1. The lowest BCUT2D eigenvalue weighted by atomic mass is 10.1. The van der Waals surface area contributed by atoms with E-state index in [0.717, 1.165) is 6.42 Å². The first-order valence-electron chi connectivity index (χ1n) is 6.36. The van der Waals surface area contributed by atoms with E-state index in [4.69, 9.17) is 5.11 Å². The predicted molar refractivity (Wildman–Crippen MR) is 72.2 cm³/mol. The fourth-order valence-corrected chi connectivity index (χ4v) is 1.91. The normalized spacial score (nSPS) is 12.5. The molecule has 0 fully saturated rings. The summed E-state index contributed by atoms with van der Waals surface area (Å²) in [5.74, 6) is -0.508. The van der Waals surface area contributed by atoms with Crippen LogP contribution in [0.2, 0.25) is 0 Å². The molecular formula is C14H21FN2O2. The Bertz CT molecular complexity index is 410. The van der Waals surface area contributed by atoms with Crippen molar-refractivity contribution in [2.75, 3.05) is 27.2 Å². The van der Waals surface area contributed by atoms with Gasteiger partial charge in [-0.05, 0) is 44.6 Å². The zero-order valence-corrected chi connectivity index (χ0v) is 11.4. The van der Waals surface area contributed by atoms with Crippen LogP contribution in [0.3, 0.4) is 0 Å². The zero-order valence-electron chi connectivity index (χ0n) is 11.4. The van der Waals surface area contributed by atoms with Crippen LogP contribution >= 0.6 is 0 Å². The molecule has 0 bridgehead atoms. The van der Waals surface area contributed by atoms with E-state index in [1.54, 1.807) is 31.1 Å². The molecule has 2 N–H and O–H groups in total. The van der Waals surface area contributed by atoms with Gasteiger partial charge in [0, 0.05) is 13.2 Å². The van der Waals surface area contributed by atoms with Crippen molar-refractivity contribution < 1.29 is 14.3 Å². The third kappa shape index (κ3) is 4.96. The molecule has 1 aromatic rings. The molecule has 106 valence electrons. The van der Waals surface area contributed by atoms with Crippen LogP contribution in [0.5, 0.6) is 0 Å². The van der Waals surface area contributed by atoms with Crippen LogP contribution < -0.4 is 5.32 Å². The van der Waals surface area contributed by atoms with E-state index in [2.05, 4.69) is 5.32 Å². The highest BCUT2D eigenvalue weighted by atomic mass is 19.1. The molecule has 0 heterocycles. The number of aliphatic hydroxyl groups is 1. The lowest BCUT2D eigenvalue weighted by molar-refractivity contribution is -0.125. The smallest absolute Gasteiger partial charge is 0.241 e. The van der Waals surface area contributed by atoms with Crippen LogP contribution in [0.4, 0.5) is 4.39 Å². The van der Waals surface area contributed by atoms with E-state index in [1.807, 2.05) is 0 Å². The second-order valence-corrected chi connectivity index (χ2v) is 4.64. The van der Waals surface area contributed by atoms with Gasteiger partial charge in [-0.15, -0.1) is 0 Å². The number of hydrogen-bond acceptors (Lipinski definition) is 3. The first-order chi connectivity index (χ1) is 9.06. The number of carbonyl (C=O) groups excluding carboxylic acids is 1. The van der Waals surface area contributed by atoms with E-state index in [1.165, 1.54) is 12.1 Å². The second-order valence-electron chi connectivity index (χ2n) is 4.64. The molecule has 5 heteroatoms. The van der Waals surface area contributed by atoms with Crippen molar-refractivity contribution in [1.29, 1.82) is 0 Å². The second kappa shape index (κ2) is 7.86. The van der Waals surface area contributed by atoms with Gasteiger partial charge in [-0.25, -0.2) is 4.39 Å². The highest BCUT2D eigenvalue weighted by Gasteiger charge is 2.22. The fraction of sp³-hybridized carbons (Fsp3) is 0.500. The number of benzene rings is 1. The van der Waals surface area contributed by atoms with Crippen LogP contribution in [0.15, 0.2) is 24.3 Å². The maximum absolute atomic E-state index is 13.2. The quantitative estimate of drug-likeness (QED) is 0.733. The van der Waals surface area contributed by atoms with Gasteiger partial charge >= 0.3 is 0 Å². The molecule has 0 aliphatic carbocycles. The molecule has 0 radical (unpaired) electrons. The lowest BCUT2D eigenvalue weighted by Gasteiger charge is -2.23. The van der Waals surface area contributed by atoms with Crippen molar-refractivity contribution in [3.8, 4) is 0 Å². The van der Waals surface area contributed by atoms with Crippen molar-refractivity contribution in [2.24, 2.45) is 0 Å². The van der Waals surface area contributed by atoms with Gasteiger partial charge in [-0.3, -0.25) is 9.69 Å². The third-order valence-electron chi connectivity index (χ3n) is 2.81. The van der Waals surface area contributed by atoms with E-state index in [-0.39, 0.29) is 18.3 Å². The first-order valence-corrected chi connectivity index (χ1v) is 6.36. The van der Waals surface area contributed by atoms with Crippen LogP contribution in [-0.2, 0) is 4.79 Å². The van der Waals surface area contributed by atoms with Crippen molar-refractivity contribution in [1.82, 2.24) is 10.2 Å². The molecule has 1 aromatic carbocycles. The number of likely N-dealkylation sites (N-methyl/N-ethyl adjacent to an activating group) is 1. The molecule has 4 nitrogen and oxygen atoms in total. The Balaban J connectivity index is 2.69. The maximum Gasteiger partial charge on any atom is 0.241 e. The van der Waals surface area contributed by atoms with Crippen molar-refractivity contribution in [2.45, 2.75) is 18.9 Å². The van der Waals surface area contributed by atoms with Crippen molar-refractivity contribution in [3.63, 3.8) is 0 Å². The summed E-state index contributed by atoms with van der Waals surface area (Å²) in [6, 6.07) is 5.55. The number of nitrogens with zero attached hydrogens (tertiary/aromatic N) is 1.